The second-order valence-corrected chi connectivity index (χ2v) is 12.6. The number of benzene rings is 1. The first-order chi connectivity index (χ1) is 19.1. The molecule has 2 saturated heterocycles. The van der Waals surface area contributed by atoms with E-state index in [-0.39, 0.29) is 23.8 Å². The fourth-order valence-corrected chi connectivity index (χ4v) is 6.11. The highest BCUT2D eigenvalue weighted by Crippen LogP contribution is 2.38. The molecule has 0 aliphatic carbocycles. The maximum atomic E-state index is 13.0. The number of fused-ring (bicyclic) bond motifs is 1. The van der Waals surface area contributed by atoms with Crippen LogP contribution in [0.15, 0.2) is 29.6 Å². The average molecular weight is 567 g/mol. The molecule has 2 aliphatic heterocycles. The Bertz CT molecular complexity index is 1380. The van der Waals surface area contributed by atoms with Gasteiger partial charge in [0.15, 0.2) is 0 Å². The van der Waals surface area contributed by atoms with Crippen LogP contribution in [-0.2, 0) is 9.53 Å². The number of likely N-dealkylation sites (tertiary alicyclic amines) is 1. The van der Waals surface area contributed by atoms with E-state index in [0.717, 1.165) is 41.6 Å². The number of ether oxygens (including phenoxy) is 1. The minimum atomic E-state index is -0.531. The maximum absolute atomic E-state index is 13.0. The van der Waals surface area contributed by atoms with Crippen LogP contribution >= 0.6 is 11.3 Å². The number of aromatic nitrogens is 2. The number of amides is 2. The van der Waals surface area contributed by atoms with E-state index in [1.807, 2.05) is 62.2 Å². The van der Waals surface area contributed by atoms with Crippen molar-refractivity contribution in [2.75, 3.05) is 51.1 Å². The van der Waals surface area contributed by atoms with E-state index in [1.165, 1.54) is 0 Å². The predicted molar refractivity (Wildman–Crippen MR) is 157 cm³/mol. The van der Waals surface area contributed by atoms with Gasteiger partial charge in [0.2, 0.25) is 5.91 Å². The molecule has 2 N–H and O–H groups in total. The van der Waals surface area contributed by atoms with Crippen LogP contribution in [-0.4, -0.2) is 99.5 Å². The molecule has 0 radical (unpaired) electrons. The summed E-state index contributed by atoms with van der Waals surface area (Å²) in [6.45, 7) is 11.5. The lowest BCUT2D eigenvalue weighted by atomic mass is 10.0. The molecular formula is C29H38N6O4S. The van der Waals surface area contributed by atoms with Gasteiger partial charge in [-0.2, -0.15) is 0 Å². The lowest BCUT2D eigenvalue weighted by molar-refractivity contribution is -0.134. The Hall–Kier alpha value is -3.44. The van der Waals surface area contributed by atoms with Crippen LogP contribution < -0.4 is 5.32 Å². The molecule has 0 saturated carbocycles. The van der Waals surface area contributed by atoms with E-state index in [4.69, 9.17) is 4.74 Å². The summed E-state index contributed by atoms with van der Waals surface area (Å²) in [5, 5.41) is 25.9. The molecule has 0 unspecified atom stereocenters. The van der Waals surface area contributed by atoms with Gasteiger partial charge in [-0.25, -0.2) is 4.79 Å². The van der Waals surface area contributed by atoms with Gasteiger partial charge in [-0.3, -0.25) is 9.69 Å². The van der Waals surface area contributed by atoms with Crippen molar-refractivity contribution >= 4 is 39.2 Å². The standard InChI is InChI=1S/C29H38N6O4S/c1-19-16-24(31-32-26(19)22-7-8-23-21(27(22)37)9-15-40-23)30-20-6-5-10-33(17-20)18-25(36)34-11-13-35(14-12-34)28(38)39-29(2,3)4/h7-9,15-16,20,37H,5-6,10-14,17-18H2,1-4H3,(H,30,31)/t20-/m1/s1. The van der Waals surface area contributed by atoms with Crippen LogP contribution in [0.1, 0.15) is 39.2 Å². The first kappa shape index (κ1) is 28.1. The van der Waals surface area contributed by atoms with Crippen molar-refractivity contribution in [3.8, 4) is 17.0 Å². The van der Waals surface area contributed by atoms with Crippen molar-refractivity contribution in [2.24, 2.45) is 0 Å². The van der Waals surface area contributed by atoms with Crippen molar-refractivity contribution in [1.29, 1.82) is 0 Å². The van der Waals surface area contributed by atoms with Crippen LogP contribution in [0.2, 0.25) is 0 Å². The highest BCUT2D eigenvalue weighted by atomic mass is 32.1. The highest BCUT2D eigenvalue weighted by Gasteiger charge is 2.29. The number of phenolic OH excluding ortho intramolecular Hbond substituents is 1. The number of nitrogens with zero attached hydrogens (tertiary/aromatic N) is 5. The summed E-state index contributed by atoms with van der Waals surface area (Å²) in [6, 6.07) is 7.93. The molecule has 1 atom stereocenters. The number of carbonyl (C=O) groups excluding carboxylic acids is 2. The zero-order chi connectivity index (χ0) is 28.4. The van der Waals surface area contributed by atoms with Crippen LogP contribution in [0.25, 0.3) is 21.3 Å². The molecule has 1 aromatic carbocycles. The van der Waals surface area contributed by atoms with Gasteiger partial charge in [-0.05, 0) is 82.3 Å². The van der Waals surface area contributed by atoms with Crippen LogP contribution in [0, 0.1) is 6.92 Å². The summed E-state index contributed by atoms with van der Waals surface area (Å²) in [5.74, 6) is 1.01. The lowest BCUT2D eigenvalue weighted by Gasteiger charge is -2.38. The number of piperazine rings is 1. The van der Waals surface area contributed by atoms with E-state index in [0.29, 0.717) is 49.8 Å². The number of hydrogen-bond acceptors (Lipinski definition) is 9. The van der Waals surface area contributed by atoms with Crippen molar-refractivity contribution in [2.45, 2.75) is 52.2 Å². The number of piperidine rings is 1. The number of phenols is 1. The zero-order valence-corrected chi connectivity index (χ0v) is 24.5. The molecule has 0 spiro atoms. The molecule has 5 rings (SSSR count). The number of thiophene rings is 1. The van der Waals surface area contributed by atoms with Gasteiger partial charge >= 0.3 is 6.09 Å². The van der Waals surface area contributed by atoms with Crippen molar-refractivity contribution in [3.05, 3.63) is 35.2 Å². The van der Waals surface area contributed by atoms with E-state index < -0.39 is 5.60 Å². The van der Waals surface area contributed by atoms with E-state index in [9.17, 15) is 14.7 Å². The number of anilines is 1. The summed E-state index contributed by atoms with van der Waals surface area (Å²) in [7, 11) is 0. The van der Waals surface area contributed by atoms with Gasteiger partial charge in [0.05, 0.1) is 12.2 Å². The summed E-state index contributed by atoms with van der Waals surface area (Å²) in [6.07, 6.45) is 1.64. The van der Waals surface area contributed by atoms with Crippen LogP contribution in [0.3, 0.4) is 0 Å². The molecule has 214 valence electrons. The molecule has 2 amide bonds. The first-order valence-electron chi connectivity index (χ1n) is 13.9. The molecule has 2 aromatic heterocycles. The maximum Gasteiger partial charge on any atom is 0.410 e. The average Bonchev–Trinajstić information content (AvgIpc) is 3.39. The number of hydrogen-bond donors (Lipinski definition) is 2. The third kappa shape index (κ3) is 6.47. The molecule has 40 heavy (non-hydrogen) atoms. The molecule has 10 nitrogen and oxygen atoms in total. The van der Waals surface area contributed by atoms with Gasteiger partial charge in [-0.15, -0.1) is 21.5 Å². The summed E-state index contributed by atoms with van der Waals surface area (Å²) in [5.41, 5.74) is 1.74. The zero-order valence-electron chi connectivity index (χ0n) is 23.6. The Kier molecular flexibility index (Phi) is 8.14. The molecule has 4 heterocycles. The smallest absolute Gasteiger partial charge is 0.410 e. The van der Waals surface area contributed by atoms with Crippen LogP contribution in [0.5, 0.6) is 5.75 Å². The number of rotatable bonds is 5. The fourth-order valence-electron chi connectivity index (χ4n) is 5.32. The molecule has 0 bridgehead atoms. The van der Waals surface area contributed by atoms with Gasteiger partial charge < -0.3 is 25.0 Å². The number of aryl methyl sites for hydroxylation is 1. The summed E-state index contributed by atoms with van der Waals surface area (Å²) < 4.78 is 6.49. The first-order valence-corrected chi connectivity index (χ1v) is 14.7. The number of aromatic hydroxyl groups is 1. The third-order valence-electron chi connectivity index (χ3n) is 7.35. The molecule has 11 heteroatoms. The quantitative estimate of drug-likeness (QED) is 0.470. The Balaban J connectivity index is 1.14. The van der Waals surface area contributed by atoms with Crippen molar-refractivity contribution < 1.29 is 19.4 Å². The SMILES string of the molecule is Cc1cc(N[C@@H]2CCCN(CC(=O)N3CCN(C(=O)OC(C)(C)C)CC3)C2)nnc1-c1ccc2sccc2c1O. The van der Waals surface area contributed by atoms with E-state index in [1.54, 1.807) is 16.2 Å². The Morgan fingerprint density at radius 3 is 2.58 bits per heavy atom. The summed E-state index contributed by atoms with van der Waals surface area (Å²) >= 11 is 1.59. The normalized spacial score (nSPS) is 18.6. The van der Waals surface area contributed by atoms with Crippen molar-refractivity contribution in [3.63, 3.8) is 0 Å². The fraction of sp³-hybridized carbons (Fsp3) is 0.517. The number of carbonyl (C=O) groups is 2. The third-order valence-corrected chi connectivity index (χ3v) is 8.23. The highest BCUT2D eigenvalue weighted by molar-refractivity contribution is 7.17. The van der Waals surface area contributed by atoms with Gasteiger partial charge in [0, 0.05) is 54.4 Å². The minimum absolute atomic E-state index is 0.0897. The van der Waals surface area contributed by atoms with Crippen molar-refractivity contribution in [1.82, 2.24) is 24.9 Å². The van der Waals surface area contributed by atoms with E-state index in [2.05, 4.69) is 20.4 Å². The second-order valence-electron chi connectivity index (χ2n) is 11.6. The van der Waals surface area contributed by atoms with Gasteiger partial charge in [0.25, 0.3) is 0 Å². The largest absolute Gasteiger partial charge is 0.507 e. The minimum Gasteiger partial charge on any atom is -0.507 e. The van der Waals surface area contributed by atoms with Crippen LogP contribution in [0.4, 0.5) is 10.6 Å². The number of nitrogens with one attached hydrogen (secondary N) is 1. The monoisotopic (exact) mass is 566 g/mol. The Morgan fingerprint density at radius 1 is 1.10 bits per heavy atom. The second kappa shape index (κ2) is 11.6. The van der Waals surface area contributed by atoms with E-state index >= 15 is 0 Å². The molecule has 2 fully saturated rings. The Morgan fingerprint density at radius 2 is 1.85 bits per heavy atom. The Labute approximate surface area is 238 Å². The molecular weight excluding hydrogens is 528 g/mol. The van der Waals surface area contributed by atoms with Gasteiger partial charge in [-0.1, -0.05) is 0 Å². The molecule has 2 aliphatic rings. The lowest BCUT2D eigenvalue weighted by Crippen LogP contribution is -2.54. The topological polar surface area (TPSA) is 111 Å². The summed E-state index contributed by atoms with van der Waals surface area (Å²) in [4.78, 5) is 31.1. The van der Waals surface area contributed by atoms with Gasteiger partial charge in [0.1, 0.15) is 17.2 Å². The molecule has 3 aromatic rings. The predicted octanol–water partition coefficient (Wildman–Crippen LogP) is 4.33.